The molecule has 1 N–H and O–H groups in total. The average molecular weight is 598 g/mol. The number of piperazine rings is 1. The highest BCUT2D eigenvalue weighted by Gasteiger charge is 2.24. The van der Waals surface area contributed by atoms with Crippen LogP contribution in [0.25, 0.3) is 45.0 Å². The monoisotopic (exact) mass is 597 g/mol. The third-order valence-corrected chi connectivity index (χ3v) is 9.02. The molecule has 0 saturated carbocycles. The molecule has 5 aromatic rings. The molecule has 1 atom stereocenters. The van der Waals surface area contributed by atoms with Crippen molar-refractivity contribution in [1.29, 1.82) is 5.26 Å². The maximum atomic E-state index is 10.1. The minimum absolute atomic E-state index is 0.319. The topological polar surface area (TPSA) is 55.2 Å². The summed E-state index contributed by atoms with van der Waals surface area (Å²) in [6.45, 7) is 11.0. The fourth-order valence-corrected chi connectivity index (χ4v) is 6.54. The molecule has 2 aliphatic rings. The number of rotatable bonds is 6. The van der Waals surface area contributed by atoms with Gasteiger partial charge >= 0.3 is 0 Å². The zero-order valence-corrected chi connectivity index (χ0v) is 25.8. The number of fused-ring (bicyclic) bond motifs is 3. The number of allylic oxidation sites excluding steroid dienone is 3. The second-order valence-electron chi connectivity index (χ2n) is 11.8. The van der Waals surface area contributed by atoms with Gasteiger partial charge in [0, 0.05) is 43.4 Å². The standard InChI is InChI=1S/C41H35N5/c1-3-29-9-7-12-32-25-38-39(26-33(32)16-15-29)43-28-34(27-42)41(38)46-23-21-45(22-24-46)40(4-2)44-35-19-17-31(18-20-35)37-14-8-11-30-10-5-6-13-36(30)37/h3,5-8,10-20,25-26,28-29,44H,1-2,9,21-24H2. The number of aromatic nitrogens is 1. The van der Waals surface area contributed by atoms with Crippen LogP contribution in [0.15, 0.2) is 128 Å². The minimum Gasteiger partial charge on any atom is -0.366 e. The predicted molar refractivity (Wildman–Crippen MR) is 192 cm³/mol. The Morgan fingerprint density at radius 1 is 0.913 bits per heavy atom. The van der Waals surface area contributed by atoms with Crippen molar-refractivity contribution in [1.82, 2.24) is 9.88 Å². The van der Waals surface area contributed by atoms with Gasteiger partial charge in [-0.1, -0.05) is 97.3 Å². The van der Waals surface area contributed by atoms with Crippen molar-refractivity contribution in [3.8, 4) is 17.2 Å². The average Bonchev–Trinajstić information content (AvgIpc) is 3.10. The zero-order chi connectivity index (χ0) is 31.5. The third kappa shape index (κ3) is 5.59. The largest absolute Gasteiger partial charge is 0.366 e. The van der Waals surface area contributed by atoms with Crippen molar-refractivity contribution in [2.75, 3.05) is 36.4 Å². The molecule has 224 valence electrons. The van der Waals surface area contributed by atoms with E-state index < -0.39 is 0 Å². The van der Waals surface area contributed by atoms with Crippen LogP contribution in [0.1, 0.15) is 23.1 Å². The molecule has 1 fully saturated rings. The van der Waals surface area contributed by atoms with Gasteiger partial charge in [-0.3, -0.25) is 4.98 Å². The second kappa shape index (κ2) is 12.7. The van der Waals surface area contributed by atoms with Crippen molar-refractivity contribution >= 4 is 45.2 Å². The number of hydrogen-bond donors (Lipinski definition) is 1. The summed E-state index contributed by atoms with van der Waals surface area (Å²) in [5.74, 6) is 1.17. The van der Waals surface area contributed by atoms with Gasteiger partial charge in [-0.05, 0) is 69.6 Å². The summed E-state index contributed by atoms with van der Waals surface area (Å²) in [5, 5.41) is 17.1. The van der Waals surface area contributed by atoms with Gasteiger partial charge in [-0.25, -0.2) is 0 Å². The van der Waals surface area contributed by atoms with Gasteiger partial charge in [-0.15, -0.1) is 6.58 Å². The van der Waals surface area contributed by atoms with E-state index in [1.54, 1.807) is 6.20 Å². The highest BCUT2D eigenvalue weighted by molar-refractivity contribution is 5.98. The molecule has 1 saturated heterocycles. The molecule has 0 radical (unpaired) electrons. The lowest BCUT2D eigenvalue weighted by Crippen LogP contribution is -2.47. The van der Waals surface area contributed by atoms with Crippen molar-refractivity contribution in [3.63, 3.8) is 0 Å². The summed E-state index contributed by atoms with van der Waals surface area (Å²) in [7, 11) is 0. The number of nitrogens with one attached hydrogen (secondary N) is 1. The molecule has 1 aliphatic carbocycles. The first-order valence-electron chi connectivity index (χ1n) is 15.7. The molecule has 46 heavy (non-hydrogen) atoms. The number of hydrogen-bond acceptors (Lipinski definition) is 5. The molecule has 2 heterocycles. The van der Waals surface area contributed by atoms with Gasteiger partial charge in [0.1, 0.15) is 6.07 Å². The third-order valence-electron chi connectivity index (χ3n) is 9.02. The lowest BCUT2D eigenvalue weighted by molar-refractivity contribution is 0.325. The van der Waals surface area contributed by atoms with Crippen LogP contribution >= 0.6 is 0 Å². The molecule has 5 heteroatoms. The highest BCUT2D eigenvalue weighted by Crippen LogP contribution is 2.35. The summed E-state index contributed by atoms with van der Waals surface area (Å²) in [5.41, 5.74) is 11.2. The van der Waals surface area contributed by atoms with Gasteiger partial charge in [-0.2, -0.15) is 5.26 Å². The molecule has 1 aliphatic heterocycles. The number of nitrogens with zero attached hydrogens (tertiary/aromatic N) is 4. The van der Waals surface area contributed by atoms with Gasteiger partial charge in [0.2, 0.25) is 0 Å². The molecule has 0 bridgehead atoms. The molecule has 1 aromatic heterocycles. The SMILES string of the molecule is C=C=C(Nc1ccc(-c2cccc3ccccc23)cc1)N1CCN(c2c(C#N)cnc3cc4c(cc23)C=CCC(C=C)C=C4)CC1. The number of anilines is 2. The molecule has 1 unspecified atom stereocenters. The van der Waals surface area contributed by atoms with Crippen LogP contribution in [0.4, 0.5) is 11.4 Å². The smallest absolute Gasteiger partial charge is 0.150 e. The van der Waals surface area contributed by atoms with Crippen molar-refractivity contribution in [2.24, 2.45) is 5.92 Å². The first kappa shape index (κ1) is 28.9. The van der Waals surface area contributed by atoms with Crippen LogP contribution in [0.3, 0.4) is 0 Å². The summed E-state index contributed by atoms with van der Waals surface area (Å²) in [4.78, 5) is 9.28. The normalized spacial score (nSPS) is 15.8. The van der Waals surface area contributed by atoms with E-state index >= 15 is 0 Å². The van der Waals surface area contributed by atoms with E-state index in [1.807, 2.05) is 6.08 Å². The maximum absolute atomic E-state index is 10.1. The number of nitriles is 1. The Morgan fingerprint density at radius 2 is 1.70 bits per heavy atom. The van der Waals surface area contributed by atoms with Crippen molar-refractivity contribution < 1.29 is 0 Å². The fourth-order valence-electron chi connectivity index (χ4n) is 6.54. The summed E-state index contributed by atoms with van der Waals surface area (Å²) in [6.07, 6.45) is 13.4. The molecular formula is C41H35N5. The van der Waals surface area contributed by atoms with Crippen LogP contribution in [-0.4, -0.2) is 36.1 Å². The Bertz CT molecular complexity index is 2090. The Hall–Kier alpha value is -5.82. The highest BCUT2D eigenvalue weighted by atomic mass is 15.3. The Morgan fingerprint density at radius 3 is 2.48 bits per heavy atom. The molecule has 0 amide bonds. The summed E-state index contributed by atoms with van der Waals surface area (Å²) < 4.78 is 0. The molecule has 5 nitrogen and oxygen atoms in total. The maximum Gasteiger partial charge on any atom is 0.150 e. The Labute approximate surface area is 270 Å². The molecule has 4 aromatic carbocycles. The minimum atomic E-state index is 0.319. The van der Waals surface area contributed by atoms with Gasteiger partial charge in [0.15, 0.2) is 5.82 Å². The van der Waals surface area contributed by atoms with Crippen molar-refractivity contribution in [2.45, 2.75) is 6.42 Å². The van der Waals surface area contributed by atoms with Gasteiger partial charge in [0.25, 0.3) is 0 Å². The van der Waals surface area contributed by atoms with Crippen LogP contribution in [0.5, 0.6) is 0 Å². The van der Waals surface area contributed by atoms with E-state index in [0.717, 1.165) is 71.8 Å². The first-order chi connectivity index (χ1) is 22.6. The van der Waals surface area contributed by atoms with E-state index in [1.165, 1.54) is 21.9 Å². The van der Waals surface area contributed by atoms with Crippen LogP contribution in [-0.2, 0) is 0 Å². The van der Waals surface area contributed by atoms with Gasteiger partial charge < -0.3 is 15.1 Å². The first-order valence-corrected chi connectivity index (χ1v) is 15.7. The predicted octanol–water partition coefficient (Wildman–Crippen LogP) is 9.02. The number of pyridine rings is 1. The quantitative estimate of drug-likeness (QED) is 0.156. The number of benzene rings is 4. The van der Waals surface area contributed by atoms with Crippen LogP contribution < -0.4 is 10.2 Å². The Balaban J connectivity index is 1.09. The fraction of sp³-hybridized carbons (Fsp3) is 0.146. The van der Waals surface area contributed by atoms with E-state index in [4.69, 9.17) is 0 Å². The molecular weight excluding hydrogens is 562 g/mol. The second-order valence-corrected chi connectivity index (χ2v) is 11.8. The molecule has 7 rings (SSSR count). The van der Waals surface area contributed by atoms with Crippen molar-refractivity contribution in [3.05, 3.63) is 145 Å². The van der Waals surface area contributed by atoms with E-state index in [9.17, 15) is 5.26 Å². The van der Waals surface area contributed by atoms with Crippen LogP contribution in [0.2, 0.25) is 0 Å². The summed E-state index contributed by atoms with van der Waals surface area (Å²) in [6, 6.07) is 30.2. The van der Waals surface area contributed by atoms with E-state index in [2.05, 4.69) is 148 Å². The lowest BCUT2D eigenvalue weighted by Gasteiger charge is -2.38. The van der Waals surface area contributed by atoms with Gasteiger partial charge in [0.05, 0.1) is 16.8 Å². The molecule has 0 spiro atoms. The van der Waals surface area contributed by atoms with E-state index in [-0.39, 0.29) is 0 Å². The lowest BCUT2D eigenvalue weighted by atomic mass is 9.95. The zero-order valence-electron chi connectivity index (χ0n) is 25.8. The summed E-state index contributed by atoms with van der Waals surface area (Å²) >= 11 is 0. The van der Waals surface area contributed by atoms with E-state index in [0.29, 0.717) is 11.5 Å². The van der Waals surface area contributed by atoms with Crippen LogP contribution in [0, 0.1) is 17.2 Å². The Kier molecular flexibility index (Phi) is 7.96.